The summed E-state index contributed by atoms with van der Waals surface area (Å²) in [6, 6.07) is 37.4. The summed E-state index contributed by atoms with van der Waals surface area (Å²) >= 11 is 0. The number of ether oxygens (including phenoxy) is 1. The maximum Gasteiger partial charge on any atom is 0.146 e. The zero-order valence-electron chi connectivity index (χ0n) is 35.1. The molecule has 5 aromatic carbocycles. The molecular weight excluding hydrogens is 723 g/mol. The molecule has 0 radical (unpaired) electrons. The van der Waals surface area contributed by atoms with Gasteiger partial charge in [-0.05, 0) is 122 Å². The van der Waals surface area contributed by atoms with Crippen LogP contribution in [-0.4, -0.2) is 23.8 Å². The Morgan fingerprint density at radius 3 is 1.51 bits per heavy atom. The molecule has 0 unspecified atom stereocenters. The van der Waals surface area contributed by atoms with Crippen molar-refractivity contribution < 1.29 is 4.74 Å². The molecule has 59 heavy (non-hydrogen) atoms. The van der Waals surface area contributed by atoms with Crippen molar-refractivity contribution in [1.29, 1.82) is 0 Å². The summed E-state index contributed by atoms with van der Waals surface area (Å²) in [5, 5.41) is 6.54. The van der Waals surface area contributed by atoms with Crippen molar-refractivity contribution in [2.45, 2.75) is 79.1 Å². The lowest BCUT2D eigenvalue weighted by Crippen LogP contribution is -2.02. The van der Waals surface area contributed by atoms with Crippen LogP contribution < -0.4 is 4.74 Å². The fourth-order valence-electron chi connectivity index (χ4n) is 9.35. The molecule has 10 rings (SSSR count). The van der Waals surface area contributed by atoms with Crippen LogP contribution >= 0.6 is 0 Å². The quantitative estimate of drug-likeness (QED) is 0.144. The number of pyridine rings is 3. The first-order chi connectivity index (χ1) is 28.6. The first-order valence-corrected chi connectivity index (χ1v) is 21.0. The number of hydrogen-bond acceptors (Lipinski definition) is 4. The minimum absolute atomic E-state index is 0.377. The van der Waals surface area contributed by atoms with Gasteiger partial charge in [0.15, 0.2) is 0 Å². The Kier molecular flexibility index (Phi) is 8.78. The fraction of sp³-hybridized carbons (Fsp3) is 0.226. The van der Waals surface area contributed by atoms with E-state index in [1.165, 1.54) is 44.3 Å². The van der Waals surface area contributed by atoms with E-state index in [1.54, 1.807) is 0 Å². The number of imidazole rings is 2. The Bertz CT molecular complexity index is 3000. The van der Waals surface area contributed by atoms with E-state index < -0.39 is 0 Å². The highest BCUT2D eigenvalue weighted by Gasteiger charge is 2.21. The molecule has 0 atom stereocenters. The second kappa shape index (κ2) is 14.1. The van der Waals surface area contributed by atoms with Crippen molar-refractivity contribution in [3.8, 4) is 33.9 Å². The summed E-state index contributed by atoms with van der Waals surface area (Å²) in [6.07, 6.45) is 7.83. The Hall–Kier alpha value is -6.53. The molecule has 292 valence electrons. The fourth-order valence-corrected chi connectivity index (χ4v) is 9.35. The normalized spacial score (nSPS) is 12.3. The number of benzene rings is 5. The van der Waals surface area contributed by atoms with Crippen LogP contribution in [0.25, 0.3) is 77.2 Å². The highest BCUT2D eigenvalue weighted by molar-refractivity contribution is 6.13. The van der Waals surface area contributed by atoms with Crippen LogP contribution in [0.4, 0.5) is 0 Å². The van der Waals surface area contributed by atoms with Crippen LogP contribution in [0.2, 0.25) is 0 Å². The summed E-state index contributed by atoms with van der Waals surface area (Å²) in [6.45, 7) is 18.2. The summed E-state index contributed by atoms with van der Waals surface area (Å²) in [5.74, 6) is 3.08. The molecule has 0 aliphatic carbocycles. The molecule has 0 saturated heterocycles. The highest BCUT2D eigenvalue weighted by atomic mass is 16.5. The van der Waals surface area contributed by atoms with Gasteiger partial charge in [0.05, 0.1) is 11.2 Å². The van der Waals surface area contributed by atoms with Gasteiger partial charge in [-0.1, -0.05) is 104 Å². The third-order valence-electron chi connectivity index (χ3n) is 12.2. The van der Waals surface area contributed by atoms with Gasteiger partial charge in [0, 0.05) is 51.9 Å². The summed E-state index contributed by atoms with van der Waals surface area (Å²) in [7, 11) is 0. The SMILES string of the molecule is CC(C)c1cccc(C(C)C)c1-c1ccc2c3ccc(Oc4ccc5c(c4)c4nccn4c4nc(-c6c(C(C)C)cccc6C(C)C)ccc54)cc3c3nccn3c2c1. The molecule has 5 aromatic heterocycles. The molecule has 0 aliphatic rings. The van der Waals surface area contributed by atoms with E-state index in [2.05, 4.69) is 174 Å². The van der Waals surface area contributed by atoms with Crippen molar-refractivity contribution in [1.82, 2.24) is 23.8 Å². The maximum absolute atomic E-state index is 6.68. The van der Waals surface area contributed by atoms with Crippen molar-refractivity contribution >= 4 is 54.8 Å². The van der Waals surface area contributed by atoms with E-state index in [0.29, 0.717) is 23.7 Å². The Morgan fingerprint density at radius 1 is 0.441 bits per heavy atom. The number of aromatic nitrogens is 5. The molecule has 0 N–H and O–H groups in total. The molecule has 0 saturated carbocycles. The smallest absolute Gasteiger partial charge is 0.146 e. The van der Waals surface area contributed by atoms with Crippen LogP contribution in [0, 0.1) is 0 Å². The molecule has 0 amide bonds. The maximum atomic E-state index is 6.68. The summed E-state index contributed by atoms with van der Waals surface area (Å²) < 4.78 is 11.0. The predicted molar refractivity (Wildman–Crippen MR) is 246 cm³/mol. The Morgan fingerprint density at radius 2 is 0.932 bits per heavy atom. The van der Waals surface area contributed by atoms with Crippen LogP contribution in [0.5, 0.6) is 11.5 Å². The number of fused-ring (bicyclic) bond motifs is 12. The third-order valence-corrected chi connectivity index (χ3v) is 12.2. The van der Waals surface area contributed by atoms with Crippen LogP contribution in [0.3, 0.4) is 0 Å². The Balaban J connectivity index is 1.06. The number of hydrogen-bond donors (Lipinski definition) is 0. The molecule has 6 nitrogen and oxygen atoms in total. The van der Waals surface area contributed by atoms with E-state index in [-0.39, 0.29) is 0 Å². The molecule has 10 aromatic rings. The molecule has 0 aliphatic heterocycles. The zero-order valence-corrected chi connectivity index (χ0v) is 35.1. The first kappa shape index (κ1) is 36.8. The lowest BCUT2D eigenvalue weighted by atomic mass is 9.84. The largest absolute Gasteiger partial charge is 0.457 e. The summed E-state index contributed by atoms with van der Waals surface area (Å²) in [4.78, 5) is 15.1. The van der Waals surface area contributed by atoms with E-state index in [9.17, 15) is 0 Å². The molecule has 6 heteroatoms. The molecule has 0 spiro atoms. The molecule has 0 bridgehead atoms. The van der Waals surface area contributed by atoms with Gasteiger partial charge < -0.3 is 4.74 Å². The monoisotopic (exact) mass is 771 g/mol. The minimum atomic E-state index is 0.377. The van der Waals surface area contributed by atoms with Gasteiger partial charge in [0.2, 0.25) is 0 Å². The van der Waals surface area contributed by atoms with Gasteiger partial charge in [-0.2, -0.15) is 0 Å². The van der Waals surface area contributed by atoms with Gasteiger partial charge in [0.25, 0.3) is 0 Å². The minimum Gasteiger partial charge on any atom is -0.457 e. The van der Waals surface area contributed by atoms with E-state index in [0.717, 1.165) is 66.6 Å². The number of nitrogens with zero attached hydrogens (tertiary/aromatic N) is 5. The van der Waals surface area contributed by atoms with Crippen molar-refractivity contribution in [2.75, 3.05) is 0 Å². The Labute approximate surface area is 345 Å². The van der Waals surface area contributed by atoms with Gasteiger partial charge in [-0.25, -0.2) is 15.0 Å². The lowest BCUT2D eigenvalue weighted by Gasteiger charge is -2.20. The van der Waals surface area contributed by atoms with Gasteiger partial charge in [0.1, 0.15) is 28.4 Å². The lowest BCUT2D eigenvalue weighted by molar-refractivity contribution is 0.484. The van der Waals surface area contributed by atoms with Crippen molar-refractivity contribution in [3.05, 3.63) is 150 Å². The van der Waals surface area contributed by atoms with Crippen LogP contribution in [0.1, 0.15) is 101 Å². The average Bonchev–Trinajstić information content (AvgIpc) is 3.95. The third kappa shape index (κ3) is 5.95. The second-order valence-corrected chi connectivity index (χ2v) is 17.3. The molecule has 0 fully saturated rings. The van der Waals surface area contributed by atoms with Crippen molar-refractivity contribution in [3.63, 3.8) is 0 Å². The van der Waals surface area contributed by atoms with Crippen LogP contribution in [0.15, 0.2) is 128 Å². The topological polar surface area (TPSA) is 56.7 Å². The highest BCUT2D eigenvalue weighted by Crippen LogP contribution is 2.41. The average molecular weight is 772 g/mol. The van der Waals surface area contributed by atoms with Gasteiger partial charge in [-0.3, -0.25) is 8.80 Å². The summed E-state index contributed by atoms with van der Waals surface area (Å²) in [5.41, 5.74) is 14.0. The van der Waals surface area contributed by atoms with E-state index >= 15 is 0 Å². The second-order valence-electron chi connectivity index (χ2n) is 17.3. The first-order valence-electron chi connectivity index (χ1n) is 21.0. The van der Waals surface area contributed by atoms with Gasteiger partial charge in [-0.15, -0.1) is 0 Å². The molecule has 5 heterocycles. The van der Waals surface area contributed by atoms with Crippen molar-refractivity contribution in [2.24, 2.45) is 0 Å². The van der Waals surface area contributed by atoms with E-state index in [1.807, 2.05) is 18.6 Å². The van der Waals surface area contributed by atoms with Crippen LogP contribution in [-0.2, 0) is 0 Å². The van der Waals surface area contributed by atoms with E-state index in [4.69, 9.17) is 19.7 Å². The zero-order chi connectivity index (χ0) is 40.7. The predicted octanol–water partition coefficient (Wildman–Crippen LogP) is 14.6. The number of rotatable bonds is 8. The molecular formula is C53H49N5O. The standard InChI is InChI=1S/C53H49N5O/c1-30(2)37-11-9-12-38(31(3)4)49(37)34-15-18-43-41-19-16-35(28-45(41)51-54-23-25-57(51)48(43)27-34)59-36-17-20-42-44-21-22-47(50-39(32(5)6)13-10-14-40(50)33(7)8)56-53(44)58-26-24-55-52(58)46(42)29-36/h9-33H,1-8H3. The van der Waals surface area contributed by atoms with Gasteiger partial charge >= 0.3 is 0 Å².